The minimum absolute atomic E-state index is 0.0136. The lowest BCUT2D eigenvalue weighted by atomic mass is 10.1. The van der Waals surface area contributed by atoms with E-state index in [0.29, 0.717) is 12.1 Å². The van der Waals surface area contributed by atoms with Gasteiger partial charge in [0.15, 0.2) is 16.9 Å². The summed E-state index contributed by atoms with van der Waals surface area (Å²) in [7, 11) is 0. The third kappa shape index (κ3) is 2.76. The molecule has 0 aliphatic heterocycles. The molecule has 0 saturated carbocycles. The predicted molar refractivity (Wildman–Crippen MR) is 78.1 cm³/mol. The van der Waals surface area contributed by atoms with Crippen LogP contribution in [0.4, 0.5) is 4.39 Å². The number of carboxylic acids is 1. The highest BCUT2D eigenvalue weighted by molar-refractivity contribution is 5.96. The zero-order chi connectivity index (χ0) is 16.6. The van der Waals surface area contributed by atoms with Gasteiger partial charge in [0.25, 0.3) is 0 Å². The molecular weight excluding hydrogens is 305 g/mol. The molecule has 6 nitrogen and oxygen atoms in total. The van der Waals surface area contributed by atoms with E-state index in [1.807, 2.05) is 0 Å². The predicted octanol–water partition coefficient (Wildman–Crippen LogP) is 2.32. The van der Waals surface area contributed by atoms with Crippen LogP contribution in [0, 0.1) is 5.82 Å². The number of aromatic nitrogens is 1. The molecule has 0 radical (unpaired) electrons. The summed E-state index contributed by atoms with van der Waals surface area (Å²) in [4.78, 5) is 26.7. The summed E-state index contributed by atoms with van der Waals surface area (Å²) in [6.45, 7) is 0. The van der Waals surface area contributed by atoms with Crippen molar-refractivity contribution in [1.82, 2.24) is 4.98 Å². The third-order valence-electron chi connectivity index (χ3n) is 3.30. The Morgan fingerprint density at radius 2 is 1.87 bits per heavy atom. The van der Waals surface area contributed by atoms with Crippen molar-refractivity contribution in [2.24, 2.45) is 0 Å². The van der Waals surface area contributed by atoms with E-state index >= 15 is 0 Å². The minimum atomic E-state index is -1.59. The summed E-state index contributed by atoms with van der Waals surface area (Å²) >= 11 is 0. The monoisotopic (exact) mass is 315 g/mol. The van der Waals surface area contributed by atoms with Crippen molar-refractivity contribution < 1.29 is 23.8 Å². The molecule has 0 bridgehead atoms. The van der Waals surface area contributed by atoms with E-state index in [0.717, 1.165) is 5.56 Å². The first-order valence-corrected chi connectivity index (χ1v) is 6.59. The Labute approximate surface area is 128 Å². The highest BCUT2D eigenvalue weighted by Gasteiger charge is 2.21. The molecule has 0 saturated heterocycles. The van der Waals surface area contributed by atoms with Crippen molar-refractivity contribution >= 4 is 17.1 Å². The molecule has 2 N–H and O–H groups in total. The summed E-state index contributed by atoms with van der Waals surface area (Å²) in [6, 6.07) is 8.82. The quantitative estimate of drug-likeness (QED) is 0.769. The van der Waals surface area contributed by atoms with Crippen LogP contribution in [0.1, 0.15) is 21.6 Å². The van der Waals surface area contributed by atoms with Crippen molar-refractivity contribution in [1.29, 1.82) is 0 Å². The molecule has 7 heteroatoms. The third-order valence-corrected chi connectivity index (χ3v) is 3.30. The fraction of sp³-hybridized carbons (Fsp3) is 0.0625. The van der Waals surface area contributed by atoms with Gasteiger partial charge in [-0.2, -0.15) is 0 Å². The Morgan fingerprint density at radius 3 is 2.52 bits per heavy atom. The molecule has 0 fully saturated rings. The Balaban J connectivity index is 2.09. The lowest BCUT2D eigenvalue weighted by Gasteiger charge is -2.05. The molecule has 0 spiro atoms. The maximum Gasteiger partial charge on any atom is 0.355 e. The van der Waals surface area contributed by atoms with Gasteiger partial charge in [-0.05, 0) is 29.8 Å². The van der Waals surface area contributed by atoms with Crippen molar-refractivity contribution in [2.75, 3.05) is 0 Å². The van der Waals surface area contributed by atoms with Crippen LogP contribution >= 0.6 is 0 Å². The van der Waals surface area contributed by atoms with Crippen molar-refractivity contribution in [2.45, 2.75) is 6.42 Å². The van der Waals surface area contributed by atoms with Gasteiger partial charge in [-0.25, -0.2) is 19.0 Å². The number of aromatic carboxylic acids is 1. The number of rotatable bonds is 3. The Morgan fingerprint density at radius 1 is 1.17 bits per heavy atom. The van der Waals surface area contributed by atoms with Crippen LogP contribution < -0.4 is 5.63 Å². The molecule has 0 atom stereocenters. The Bertz CT molecular complexity index is 963. The number of aromatic hydroxyl groups is 1. The number of carbonyl (C=O) groups is 1. The van der Waals surface area contributed by atoms with E-state index in [-0.39, 0.29) is 16.9 Å². The van der Waals surface area contributed by atoms with E-state index in [1.54, 1.807) is 18.2 Å². The number of hydrogen-bond donors (Lipinski definition) is 2. The SMILES string of the molecule is O=C(O)c1c(O)c2nc(Cc3ccc(F)cc3)ccc2oc1=O. The first-order valence-electron chi connectivity index (χ1n) is 6.59. The second-order valence-electron chi connectivity index (χ2n) is 4.87. The zero-order valence-corrected chi connectivity index (χ0v) is 11.6. The second-order valence-corrected chi connectivity index (χ2v) is 4.87. The highest BCUT2D eigenvalue weighted by Crippen LogP contribution is 2.25. The number of fused-ring (bicyclic) bond motifs is 1. The maximum atomic E-state index is 12.9. The van der Waals surface area contributed by atoms with Crippen molar-refractivity contribution in [3.05, 3.63) is 69.5 Å². The highest BCUT2D eigenvalue weighted by atomic mass is 19.1. The molecule has 0 aliphatic carbocycles. The number of benzene rings is 1. The standard InChI is InChI=1S/C16H10FNO5/c17-9-3-1-8(2-4-9)7-10-5-6-11-13(18-10)14(19)12(15(20)21)16(22)23-11/h1-6,19H,7H2,(H,20,21). The van der Waals surface area contributed by atoms with E-state index < -0.39 is 22.9 Å². The minimum Gasteiger partial charge on any atom is -0.505 e. The molecule has 2 aromatic heterocycles. The molecule has 2 heterocycles. The molecule has 3 aromatic rings. The van der Waals surface area contributed by atoms with E-state index in [4.69, 9.17) is 9.52 Å². The fourth-order valence-corrected chi connectivity index (χ4v) is 2.20. The average molecular weight is 315 g/mol. The van der Waals surface area contributed by atoms with Crippen LogP contribution in [-0.2, 0) is 6.42 Å². The van der Waals surface area contributed by atoms with Gasteiger partial charge in [-0.3, -0.25) is 0 Å². The van der Waals surface area contributed by atoms with Crippen LogP contribution in [0.3, 0.4) is 0 Å². The maximum absolute atomic E-state index is 12.9. The Hall–Kier alpha value is -3.22. The van der Waals surface area contributed by atoms with E-state index in [1.165, 1.54) is 18.2 Å². The van der Waals surface area contributed by atoms with E-state index in [2.05, 4.69) is 4.98 Å². The smallest absolute Gasteiger partial charge is 0.355 e. The topological polar surface area (TPSA) is 101 Å². The van der Waals surface area contributed by atoms with Gasteiger partial charge < -0.3 is 14.6 Å². The number of nitrogens with zero attached hydrogens (tertiary/aromatic N) is 1. The first kappa shape index (κ1) is 14.7. The molecular formula is C16H10FNO5. The number of halogens is 1. The lowest BCUT2D eigenvalue weighted by molar-refractivity contribution is 0.0689. The van der Waals surface area contributed by atoms with Gasteiger partial charge in [0.1, 0.15) is 11.3 Å². The van der Waals surface area contributed by atoms with Gasteiger partial charge >= 0.3 is 11.6 Å². The van der Waals surface area contributed by atoms with Gasteiger partial charge in [0.05, 0.1) is 0 Å². The molecule has 1 aromatic carbocycles. The summed E-state index contributed by atoms with van der Waals surface area (Å²) < 4.78 is 17.7. The van der Waals surface area contributed by atoms with Crippen LogP contribution in [0.15, 0.2) is 45.6 Å². The molecule has 116 valence electrons. The number of pyridine rings is 1. The molecule has 3 rings (SSSR count). The first-order chi connectivity index (χ1) is 11.0. The molecule has 0 unspecified atom stereocenters. The summed E-state index contributed by atoms with van der Waals surface area (Å²) in [5, 5.41) is 18.9. The van der Waals surface area contributed by atoms with Gasteiger partial charge in [0, 0.05) is 12.1 Å². The fourth-order valence-electron chi connectivity index (χ4n) is 2.20. The van der Waals surface area contributed by atoms with Crippen LogP contribution in [-0.4, -0.2) is 21.2 Å². The second kappa shape index (κ2) is 5.53. The number of hydrogen-bond acceptors (Lipinski definition) is 5. The van der Waals surface area contributed by atoms with Gasteiger partial charge in [-0.15, -0.1) is 0 Å². The normalized spacial score (nSPS) is 10.8. The van der Waals surface area contributed by atoms with Gasteiger partial charge in [-0.1, -0.05) is 12.1 Å². The van der Waals surface area contributed by atoms with Crippen LogP contribution in [0.2, 0.25) is 0 Å². The summed E-state index contributed by atoms with van der Waals surface area (Å²) in [5.41, 5.74) is -0.834. The van der Waals surface area contributed by atoms with E-state index in [9.17, 15) is 19.1 Å². The number of carboxylic acid groups (broad SMARTS) is 1. The largest absolute Gasteiger partial charge is 0.505 e. The van der Waals surface area contributed by atoms with Crippen LogP contribution in [0.25, 0.3) is 11.1 Å². The molecule has 0 amide bonds. The van der Waals surface area contributed by atoms with Gasteiger partial charge in [0.2, 0.25) is 0 Å². The summed E-state index contributed by atoms with van der Waals surface area (Å²) in [6.07, 6.45) is 0.344. The molecule has 0 aliphatic rings. The van der Waals surface area contributed by atoms with Crippen molar-refractivity contribution in [3.8, 4) is 5.75 Å². The summed E-state index contributed by atoms with van der Waals surface area (Å²) in [5.74, 6) is -2.68. The Kier molecular flexibility index (Phi) is 3.53. The van der Waals surface area contributed by atoms with Crippen LogP contribution in [0.5, 0.6) is 5.75 Å². The lowest BCUT2D eigenvalue weighted by Crippen LogP contribution is -2.14. The average Bonchev–Trinajstić information content (AvgIpc) is 2.50. The van der Waals surface area contributed by atoms with Crippen molar-refractivity contribution in [3.63, 3.8) is 0 Å². The molecule has 23 heavy (non-hydrogen) atoms. The zero-order valence-electron chi connectivity index (χ0n) is 11.6.